The molecule has 0 unspecified atom stereocenters. The van der Waals surface area contributed by atoms with E-state index in [4.69, 9.17) is 4.74 Å². The van der Waals surface area contributed by atoms with Gasteiger partial charge in [-0.1, -0.05) is 24.3 Å². The highest BCUT2D eigenvalue weighted by Crippen LogP contribution is 2.32. The molecule has 4 rings (SSSR count). The maximum atomic E-state index is 13.0. The van der Waals surface area contributed by atoms with Crippen molar-refractivity contribution in [2.45, 2.75) is 12.6 Å². The van der Waals surface area contributed by atoms with E-state index >= 15 is 0 Å². The first-order valence-corrected chi connectivity index (χ1v) is 9.91. The average Bonchev–Trinajstić information content (AvgIpc) is 3.22. The van der Waals surface area contributed by atoms with Crippen molar-refractivity contribution in [1.29, 1.82) is 0 Å². The van der Waals surface area contributed by atoms with Crippen molar-refractivity contribution in [3.05, 3.63) is 89.9 Å². The van der Waals surface area contributed by atoms with Gasteiger partial charge in [-0.05, 0) is 59.5 Å². The molecule has 2 heterocycles. The summed E-state index contributed by atoms with van der Waals surface area (Å²) in [6.07, 6.45) is -0.532. The van der Waals surface area contributed by atoms with E-state index in [-0.39, 0.29) is 11.6 Å². The fourth-order valence-electron chi connectivity index (χ4n) is 3.35. The quantitative estimate of drug-likeness (QED) is 0.460. The van der Waals surface area contributed by atoms with Crippen molar-refractivity contribution in [3.63, 3.8) is 0 Å². The Kier molecular flexibility index (Phi) is 5.85. The third kappa shape index (κ3) is 4.74. The highest BCUT2D eigenvalue weighted by molar-refractivity contribution is 5.92. The predicted molar refractivity (Wildman–Crippen MR) is 115 cm³/mol. The molecule has 2 aromatic heterocycles. The topological polar surface area (TPSA) is 55.6 Å². The van der Waals surface area contributed by atoms with Crippen LogP contribution in [0.2, 0.25) is 0 Å². The molecule has 0 spiro atoms. The van der Waals surface area contributed by atoms with E-state index in [1.165, 1.54) is 6.07 Å². The number of ether oxygens (including phenoxy) is 1. The molecule has 0 fully saturated rings. The molecule has 5 nitrogen and oxygen atoms in total. The summed E-state index contributed by atoms with van der Waals surface area (Å²) < 4.78 is 45.8. The number of rotatable bonds is 6. The Morgan fingerprint density at radius 2 is 1.81 bits per heavy atom. The second-order valence-corrected chi connectivity index (χ2v) is 7.24. The number of imidazole rings is 1. The molecule has 0 saturated carbocycles. The van der Waals surface area contributed by atoms with Gasteiger partial charge in [0.2, 0.25) is 0 Å². The first kappa shape index (κ1) is 21.4. The third-order valence-corrected chi connectivity index (χ3v) is 5.07. The van der Waals surface area contributed by atoms with Gasteiger partial charge in [-0.3, -0.25) is 4.79 Å². The van der Waals surface area contributed by atoms with E-state index < -0.39 is 11.7 Å². The number of alkyl halides is 3. The number of benzene rings is 2. The van der Waals surface area contributed by atoms with Crippen LogP contribution < -0.4 is 10.1 Å². The fourth-order valence-corrected chi connectivity index (χ4v) is 3.35. The molecule has 0 aliphatic carbocycles. The van der Waals surface area contributed by atoms with Gasteiger partial charge < -0.3 is 14.5 Å². The van der Waals surface area contributed by atoms with Crippen LogP contribution in [0.15, 0.2) is 73.1 Å². The molecule has 0 bridgehead atoms. The minimum absolute atomic E-state index is 0.237. The molecule has 4 aromatic rings. The number of carbonyl (C=O) groups excluding carboxylic acids is 1. The van der Waals surface area contributed by atoms with Gasteiger partial charge in [0.15, 0.2) is 0 Å². The van der Waals surface area contributed by atoms with Crippen LogP contribution in [-0.4, -0.2) is 28.9 Å². The predicted octanol–water partition coefficient (Wildman–Crippen LogP) is 5.00. The lowest BCUT2D eigenvalue weighted by molar-refractivity contribution is -0.137. The molecule has 0 radical (unpaired) electrons. The Hall–Kier alpha value is -3.81. The number of hydrogen-bond acceptors (Lipinski definition) is 3. The molecule has 1 amide bonds. The Balaban J connectivity index is 1.46. The number of amides is 1. The highest BCUT2D eigenvalue weighted by atomic mass is 19.4. The second kappa shape index (κ2) is 8.74. The summed E-state index contributed by atoms with van der Waals surface area (Å²) in [5.74, 6) is 0.454. The molecule has 32 heavy (non-hydrogen) atoms. The minimum Gasteiger partial charge on any atom is -0.497 e. The van der Waals surface area contributed by atoms with Gasteiger partial charge in [0, 0.05) is 18.9 Å². The molecule has 0 aliphatic heterocycles. The van der Waals surface area contributed by atoms with Crippen molar-refractivity contribution in [3.8, 4) is 16.9 Å². The van der Waals surface area contributed by atoms with Gasteiger partial charge in [0.25, 0.3) is 5.91 Å². The van der Waals surface area contributed by atoms with Gasteiger partial charge in [-0.25, -0.2) is 4.98 Å². The van der Waals surface area contributed by atoms with Crippen LogP contribution in [-0.2, 0) is 12.6 Å². The number of methoxy groups -OCH3 is 1. The Morgan fingerprint density at radius 3 is 2.53 bits per heavy atom. The molecule has 1 N–H and O–H groups in total. The summed E-state index contributed by atoms with van der Waals surface area (Å²) in [6, 6.07) is 16.1. The first-order chi connectivity index (χ1) is 15.3. The summed E-state index contributed by atoms with van der Waals surface area (Å²) >= 11 is 0. The number of hydrogen-bond donors (Lipinski definition) is 1. The molecule has 0 saturated heterocycles. The van der Waals surface area contributed by atoms with Crippen LogP contribution in [0.5, 0.6) is 5.75 Å². The van der Waals surface area contributed by atoms with E-state index in [0.29, 0.717) is 29.7 Å². The van der Waals surface area contributed by atoms with E-state index in [9.17, 15) is 18.0 Å². The van der Waals surface area contributed by atoms with Crippen molar-refractivity contribution >= 4 is 11.6 Å². The lowest BCUT2D eigenvalue weighted by atomic mass is 10.0. The van der Waals surface area contributed by atoms with Gasteiger partial charge in [-0.2, -0.15) is 13.2 Å². The van der Waals surface area contributed by atoms with Crippen molar-refractivity contribution < 1.29 is 22.7 Å². The maximum absolute atomic E-state index is 13.0. The van der Waals surface area contributed by atoms with Gasteiger partial charge in [0.1, 0.15) is 17.1 Å². The average molecular weight is 439 g/mol. The highest BCUT2D eigenvalue weighted by Gasteiger charge is 2.30. The Morgan fingerprint density at radius 1 is 1.03 bits per heavy atom. The third-order valence-electron chi connectivity index (χ3n) is 5.07. The van der Waals surface area contributed by atoms with Crippen LogP contribution >= 0.6 is 0 Å². The van der Waals surface area contributed by atoms with Gasteiger partial charge in [-0.15, -0.1) is 0 Å². The van der Waals surface area contributed by atoms with Crippen LogP contribution in [0, 0.1) is 0 Å². The number of aromatic nitrogens is 2. The van der Waals surface area contributed by atoms with Crippen molar-refractivity contribution in [2.24, 2.45) is 0 Å². The zero-order chi connectivity index (χ0) is 22.7. The lowest BCUT2D eigenvalue weighted by Gasteiger charge is -2.09. The SMILES string of the molecule is COc1ccc(CCNC(=O)c2cn3cc(-c4cccc(C(F)(F)F)c4)ccc3n2)cc1. The summed E-state index contributed by atoms with van der Waals surface area (Å²) in [5.41, 5.74) is 2.14. The van der Waals surface area contributed by atoms with Crippen LogP contribution in [0.4, 0.5) is 13.2 Å². The molecule has 8 heteroatoms. The largest absolute Gasteiger partial charge is 0.497 e. The smallest absolute Gasteiger partial charge is 0.416 e. The number of nitrogens with one attached hydrogen (secondary N) is 1. The van der Waals surface area contributed by atoms with E-state index in [1.54, 1.807) is 42.1 Å². The van der Waals surface area contributed by atoms with E-state index in [1.807, 2.05) is 24.3 Å². The number of fused-ring (bicyclic) bond motifs is 1. The summed E-state index contributed by atoms with van der Waals surface area (Å²) in [6.45, 7) is 0.439. The first-order valence-electron chi connectivity index (χ1n) is 9.91. The minimum atomic E-state index is -4.41. The Bertz CT molecular complexity index is 1250. The van der Waals surface area contributed by atoms with Crippen molar-refractivity contribution in [1.82, 2.24) is 14.7 Å². The molecule has 0 aliphatic rings. The van der Waals surface area contributed by atoms with E-state index in [0.717, 1.165) is 23.4 Å². The zero-order valence-electron chi connectivity index (χ0n) is 17.2. The molecule has 0 atom stereocenters. The molecular formula is C24H20F3N3O2. The van der Waals surface area contributed by atoms with Crippen LogP contribution in [0.1, 0.15) is 21.6 Å². The Labute approximate surface area is 182 Å². The second-order valence-electron chi connectivity index (χ2n) is 7.24. The molecule has 164 valence electrons. The standard InChI is InChI=1S/C24H20F3N3O2/c1-32-20-8-5-16(6-9-20)11-12-28-23(31)21-15-30-14-18(7-10-22(30)29-21)17-3-2-4-19(13-17)24(25,26)27/h2-10,13-15H,11-12H2,1H3,(H,28,31). The number of nitrogens with zero attached hydrogens (tertiary/aromatic N) is 2. The van der Waals surface area contributed by atoms with Gasteiger partial charge >= 0.3 is 6.18 Å². The van der Waals surface area contributed by atoms with Crippen LogP contribution in [0.25, 0.3) is 16.8 Å². The van der Waals surface area contributed by atoms with Crippen molar-refractivity contribution in [2.75, 3.05) is 13.7 Å². The monoisotopic (exact) mass is 439 g/mol. The normalized spacial score (nSPS) is 11.5. The fraction of sp³-hybridized carbons (Fsp3) is 0.167. The van der Waals surface area contributed by atoms with Crippen LogP contribution in [0.3, 0.4) is 0 Å². The molecule has 2 aromatic carbocycles. The number of halogens is 3. The zero-order valence-corrected chi connectivity index (χ0v) is 17.2. The maximum Gasteiger partial charge on any atom is 0.416 e. The molecular weight excluding hydrogens is 419 g/mol. The number of carbonyl (C=O) groups is 1. The summed E-state index contributed by atoms with van der Waals surface area (Å²) in [5, 5.41) is 2.84. The summed E-state index contributed by atoms with van der Waals surface area (Å²) in [7, 11) is 1.60. The van der Waals surface area contributed by atoms with E-state index in [2.05, 4.69) is 10.3 Å². The van der Waals surface area contributed by atoms with Gasteiger partial charge in [0.05, 0.1) is 12.7 Å². The number of pyridine rings is 1. The lowest BCUT2D eigenvalue weighted by Crippen LogP contribution is -2.25. The summed E-state index contributed by atoms with van der Waals surface area (Å²) in [4.78, 5) is 16.8.